The quantitative estimate of drug-likeness (QED) is 0.541. The number of carbonyl (C=O) groups excluding carboxylic acids is 2. The Morgan fingerprint density at radius 2 is 1.91 bits per heavy atom. The molecule has 1 fully saturated rings. The third-order valence-electron chi connectivity index (χ3n) is 6.71. The SMILES string of the molecule is CCNC(=O)N(CCN1CCCC1)CC(=O)N1CCc2sccc2[C@@H]1COc1ccccc1OC. The van der Waals surface area contributed by atoms with Gasteiger partial charge in [0, 0.05) is 31.1 Å². The molecule has 4 rings (SSSR count). The number of para-hydroxylation sites is 2. The largest absolute Gasteiger partial charge is 0.493 e. The number of urea groups is 1. The van der Waals surface area contributed by atoms with E-state index >= 15 is 0 Å². The summed E-state index contributed by atoms with van der Waals surface area (Å²) in [4.78, 5) is 33.6. The van der Waals surface area contributed by atoms with Crippen molar-refractivity contribution in [2.45, 2.75) is 32.2 Å². The molecule has 1 saturated heterocycles. The van der Waals surface area contributed by atoms with Gasteiger partial charge in [0.2, 0.25) is 5.91 Å². The summed E-state index contributed by atoms with van der Waals surface area (Å²) in [5, 5.41) is 4.95. The first-order chi connectivity index (χ1) is 17.1. The molecule has 1 aromatic carbocycles. The van der Waals surface area contributed by atoms with E-state index in [0.29, 0.717) is 37.7 Å². The van der Waals surface area contributed by atoms with E-state index in [1.54, 1.807) is 23.3 Å². The van der Waals surface area contributed by atoms with Crippen molar-refractivity contribution in [3.05, 3.63) is 46.2 Å². The zero-order chi connectivity index (χ0) is 24.6. The Balaban J connectivity index is 1.47. The van der Waals surface area contributed by atoms with Crippen molar-refractivity contribution in [2.24, 2.45) is 0 Å². The fraction of sp³-hybridized carbons (Fsp3) is 0.538. The number of ether oxygens (including phenoxy) is 2. The molecular formula is C26H36N4O4S. The Kier molecular flexibility index (Phi) is 8.87. The highest BCUT2D eigenvalue weighted by molar-refractivity contribution is 7.10. The van der Waals surface area contributed by atoms with Gasteiger partial charge in [-0.3, -0.25) is 4.79 Å². The van der Waals surface area contributed by atoms with Crippen LogP contribution in [0.5, 0.6) is 11.5 Å². The molecule has 0 aliphatic carbocycles. The summed E-state index contributed by atoms with van der Waals surface area (Å²) >= 11 is 1.72. The summed E-state index contributed by atoms with van der Waals surface area (Å²) in [5.41, 5.74) is 1.13. The molecule has 0 spiro atoms. The number of hydrogen-bond donors (Lipinski definition) is 1. The summed E-state index contributed by atoms with van der Waals surface area (Å²) in [5.74, 6) is 1.26. The maximum Gasteiger partial charge on any atom is 0.317 e. The first-order valence-electron chi connectivity index (χ1n) is 12.5. The summed E-state index contributed by atoms with van der Waals surface area (Å²) in [6, 6.07) is 9.23. The topological polar surface area (TPSA) is 74.4 Å². The van der Waals surface area contributed by atoms with E-state index < -0.39 is 0 Å². The Morgan fingerprint density at radius 3 is 2.66 bits per heavy atom. The van der Waals surface area contributed by atoms with Gasteiger partial charge in [0.25, 0.3) is 0 Å². The average molecular weight is 501 g/mol. The molecule has 9 heteroatoms. The monoisotopic (exact) mass is 500 g/mol. The van der Waals surface area contributed by atoms with Gasteiger partial charge in [-0.1, -0.05) is 12.1 Å². The molecule has 0 saturated carbocycles. The Hall–Kier alpha value is -2.78. The van der Waals surface area contributed by atoms with E-state index in [2.05, 4.69) is 21.7 Å². The first-order valence-corrected chi connectivity index (χ1v) is 13.3. The number of methoxy groups -OCH3 is 1. The van der Waals surface area contributed by atoms with Crippen LogP contribution >= 0.6 is 11.3 Å². The number of amides is 3. The summed E-state index contributed by atoms with van der Waals surface area (Å²) < 4.78 is 11.6. The lowest BCUT2D eigenvalue weighted by atomic mass is 10.0. The van der Waals surface area contributed by atoms with Gasteiger partial charge >= 0.3 is 6.03 Å². The lowest BCUT2D eigenvalue weighted by Gasteiger charge is -2.37. The second-order valence-corrected chi connectivity index (χ2v) is 9.92. The highest BCUT2D eigenvalue weighted by Gasteiger charge is 2.33. The van der Waals surface area contributed by atoms with E-state index in [-0.39, 0.29) is 24.5 Å². The van der Waals surface area contributed by atoms with Crippen LogP contribution < -0.4 is 14.8 Å². The minimum Gasteiger partial charge on any atom is -0.493 e. The van der Waals surface area contributed by atoms with E-state index in [4.69, 9.17) is 9.47 Å². The second-order valence-electron chi connectivity index (χ2n) is 8.92. The van der Waals surface area contributed by atoms with E-state index in [1.165, 1.54) is 17.7 Å². The normalized spacial score (nSPS) is 17.7. The van der Waals surface area contributed by atoms with E-state index in [1.807, 2.05) is 36.1 Å². The fourth-order valence-electron chi connectivity index (χ4n) is 4.82. The van der Waals surface area contributed by atoms with Crippen LogP contribution in [0.25, 0.3) is 0 Å². The van der Waals surface area contributed by atoms with Crippen LogP contribution in [-0.4, -0.2) is 86.2 Å². The molecule has 0 unspecified atom stereocenters. The molecule has 1 aromatic heterocycles. The number of benzene rings is 1. The van der Waals surface area contributed by atoms with Gasteiger partial charge in [0.1, 0.15) is 13.2 Å². The number of rotatable bonds is 10. The van der Waals surface area contributed by atoms with Gasteiger partial charge in [-0.05, 0) is 68.4 Å². The third-order valence-corrected chi connectivity index (χ3v) is 7.70. The van der Waals surface area contributed by atoms with Crippen molar-refractivity contribution in [1.29, 1.82) is 0 Å². The maximum atomic E-state index is 13.6. The van der Waals surface area contributed by atoms with Crippen LogP contribution in [0.4, 0.5) is 4.79 Å². The first kappa shape index (κ1) is 25.3. The van der Waals surface area contributed by atoms with Crippen LogP contribution in [0.15, 0.2) is 35.7 Å². The molecule has 3 heterocycles. The fourth-order valence-corrected chi connectivity index (χ4v) is 5.75. The Bertz CT molecular complexity index is 991. The van der Waals surface area contributed by atoms with E-state index in [0.717, 1.165) is 31.6 Å². The van der Waals surface area contributed by atoms with Gasteiger partial charge in [0.15, 0.2) is 11.5 Å². The zero-order valence-electron chi connectivity index (χ0n) is 20.7. The second kappa shape index (κ2) is 12.3. The molecule has 2 aliphatic heterocycles. The van der Waals surface area contributed by atoms with Gasteiger partial charge in [-0.15, -0.1) is 11.3 Å². The molecule has 35 heavy (non-hydrogen) atoms. The smallest absolute Gasteiger partial charge is 0.317 e. The number of hydrogen-bond acceptors (Lipinski definition) is 6. The number of thiophene rings is 1. The maximum absolute atomic E-state index is 13.6. The summed E-state index contributed by atoms with van der Waals surface area (Å²) in [6.45, 7) is 6.88. The minimum atomic E-state index is -0.211. The van der Waals surface area contributed by atoms with Crippen molar-refractivity contribution in [1.82, 2.24) is 20.0 Å². The van der Waals surface area contributed by atoms with Crippen molar-refractivity contribution in [3.8, 4) is 11.5 Å². The van der Waals surface area contributed by atoms with Gasteiger partial charge in [0.05, 0.1) is 13.2 Å². The standard InChI is InChI=1S/C26H36N4O4S/c1-3-27-26(32)29(16-15-28-12-6-7-13-28)18-25(31)30-14-10-24-20(11-17-35-24)21(30)19-34-23-9-5-4-8-22(23)33-2/h4-5,8-9,11,17,21H,3,6-7,10,12-16,18-19H2,1-2H3,(H,27,32)/t21-/m0/s1. The molecule has 1 atom stereocenters. The predicted octanol–water partition coefficient (Wildman–Crippen LogP) is 3.39. The highest BCUT2D eigenvalue weighted by atomic mass is 32.1. The average Bonchev–Trinajstić information content (AvgIpc) is 3.57. The van der Waals surface area contributed by atoms with Gasteiger partial charge < -0.3 is 29.5 Å². The molecule has 3 amide bonds. The van der Waals surface area contributed by atoms with Crippen LogP contribution in [-0.2, 0) is 11.2 Å². The van der Waals surface area contributed by atoms with Gasteiger partial charge in [-0.25, -0.2) is 4.79 Å². The van der Waals surface area contributed by atoms with Crippen LogP contribution in [0.1, 0.15) is 36.2 Å². The molecule has 2 aliphatic rings. The minimum absolute atomic E-state index is 0.0526. The molecule has 190 valence electrons. The molecule has 2 aromatic rings. The Morgan fingerprint density at radius 1 is 1.14 bits per heavy atom. The van der Waals surface area contributed by atoms with Crippen LogP contribution in [0, 0.1) is 0 Å². The van der Waals surface area contributed by atoms with Crippen molar-refractivity contribution >= 4 is 23.3 Å². The highest BCUT2D eigenvalue weighted by Crippen LogP contribution is 2.35. The van der Waals surface area contributed by atoms with Crippen molar-refractivity contribution in [2.75, 3.05) is 59.5 Å². The van der Waals surface area contributed by atoms with Crippen LogP contribution in [0.2, 0.25) is 0 Å². The molecule has 0 radical (unpaired) electrons. The predicted molar refractivity (Wildman–Crippen MR) is 137 cm³/mol. The summed E-state index contributed by atoms with van der Waals surface area (Å²) in [6.07, 6.45) is 3.22. The Labute approximate surface area is 211 Å². The third kappa shape index (κ3) is 6.27. The van der Waals surface area contributed by atoms with Crippen molar-refractivity contribution < 1.29 is 19.1 Å². The van der Waals surface area contributed by atoms with Crippen LogP contribution in [0.3, 0.4) is 0 Å². The summed E-state index contributed by atoms with van der Waals surface area (Å²) in [7, 11) is 1.62. The zero-order valence-corrected chi connectivity index (χ0v) is 21.5. The number of nitrogens with zero attached hydrogens (tertiary/aromatic N) is 3. The lowest BCUT2D eigenvalue weighted by molar-refractivity contribution is -0.135. The van der Waals surface area contributed by atoms with Crippen molar-refractivity contribution in [3.63, 3.8) is 0 Å². The molecular weight excluding hydrogens is 464 g/mol. The van der Waals surface area contributed by atoms with E-state index in [9.17, 15) is 9.59 Å². The molecule has 1 N–H and O–H groups in total. The molecule has 8 nitrogen and oxygen atoms in total. The lowest BCUT2D eigenvalue weighted by Crippen LogP contribution is -2.51. The van der Waals surface area contributed by atoms with Gasteiger partial charge in [-0.2, -0.15) is 0 Å². The number of carbonyl (C=O) groups is 2. The molecule has 0 bridgehead atoms. The number of fused-ring (bicyclic) bond motifs is 1. The number of nitrogens with one attached hydrogen (secondary N) is 1. The number of likely N-dealkylation sites (tertiary alicyclic amines) is 1.